The minimum atomic E-state index is -4.40. The Morgan fingerprint density at radius 1 is 1.03 bits per heavy atom. The molecule has 3 aromatic heterocycles. The number of pyridine rings is 3. The van der Waals surface area contributed by atoms with Crippen molar-refractivity contribution >= 4 is 34.0 Å². The molecule has 0 aliphatic carbocycles. The van der Waals surface area contributed by atoms with Gasteiger partial charge in [0.1, 0.15) is 17.6 Å². The van der Waals surface area contributed by atoms with E-state index in [1.54, 1.807) is 18.2 Å². The van der Waals surface area contributed by atoms with Crippen LogP contribution >= 0.6 is 11.6 Å². The summed E-state index contributed by atoms with van der Waals surface area (Å²) in [4.78, 5) is 13.1. The van der Waals surface area contributed by atoms with E-state index in [1.807, 2.05) is 0 Å². The van der Waals surface area contributed by atoms with Crippen molar-refractivity contribution in [1.82, 2.24) is 15.0 Å². The van der Waals surface area contributed by atoms with E-state index in [9.17, 15) is 18.3 Å². The zero-order valence-corrected chi connectivity index (χ0v) is 17.1. The fourth-order valence-electron chi connectivity index (χ4n) is 3.09. The van der Waals surface area contributed by atoms with Crippen LogP contribution in [0.25, 0.3) is 22.3 Å². The number of nitrogens with one attached hydrogen (secondary N) is 1. The Kier molecular flexibility index (Phi) is 5.96. The minimum absolute atomic E-state index is 0.263. The molecule has 0 bridgehead atoms. The maximum Gasteiger partial charge on any atom is 0.416 e. The number of aliphatic hydroxyl groups is 2. The van der Waals surface area contributed by atoms with Crippen LogP contribution in [0.1, 0.15) is 17.2 Å². The van der Waals surface area contributed by atoms with Gasteiger partial charge in [0.2, 0.25) is 0 Å². The number of rotatable bonds is 5. The fourth-order valence-corrected chi connectivity index (χ4v) is 3.37. The van der Waals surface area contributed by atoms with Crippen LogP contribution in [0, 0.1) is 0 Å². The highest BCUT2D eigenvalue weighted by Crippen LogP contribution is 2.32. The molecule has 32 heavy (non-hydrogen) atoms. The third-order valence-electron chi connectivity index (χ3n) is 4.75. The number of anilines is 2. The maximum absolute atomic E-state index is 12.8. The molecule has 0 radical (unpaired) electrons. The Balaban J connectivity index is 1.64. The number of hydrogen-bond donors (Lipinski definition) is 3. The number of benzene rings is 1. The van der Waals surface area contributed by atoms with E-state index >= 15 is 0 Å². The zero-order chi connectivity index (χ0) is 22.9. The standard InChI is InChI=1S/C22H16ClF3N4O2/c23-16-9-12(19(32)11-31)10-28-20(16)18-6-5-15-17(30-18)7-8-27-21(15)29-14-3-1-13(2-4-14)22(24,25)26/h1-10,19,31-32H,11H2,(H,27,29)/t19-/m0/s1. The van der Waals surface area contributed by atoms with Crippen molar-refractivity contribution in [2.45, 2.75) is 12.3 Å². The lowest BCUT2D eigenvalue weighted by molar-refractivity contribution is -0.137. The Labute approximate surface area is 185 Å². The average molecular weight is 461 g/mol. The first kappa shape index (κ1) is 21.9. The first-order chi connectivity index (χ1) is 15.3. The molecule has 0 fully saturated rings. The number of hydrogen-bond acceptors (Lipinski definition) is 6. The van der Waals surface area contributed by atoms with Gasteiger partial charge in [-0.1, -0.05) is 11.6 Å². The number of alkyl halides is 3. The van der Waals surface area contributed by atoms with Crippen LogP contribution in [-0.2, 0) is 6.18 Å². The number of halogens is 4. The predicted molar refractivity (Wildman–Crippen MR) is 115 cm³/mol. The van der Waals surface area contributed by atoms with Gasteiger partial charge in [0.05, 0.1) is 28.4 Å². The molecule has 0 unspecified atom stereocenters. The highest BCUT2D eigenvalue weighted by atomic mass is 35.5. The van der Waals surface area contributed by atoms with Gasteiger partial charge in [0.15, 0.2) is 0 Å². The molecule has 0 aliphatic rings. The molecule has 10 heteroatoms. The summed E-state index contributed by atoms with van der Waals surface area (Å²) in [5, 5.41) is 22.7. The maximum atomic E-state index is 12.8. The van der Waals surface area contributed by atoms with Gasteiger partial charge in [-0.25, -0.2) is 9.97 Å². The van der Waals surface area contributed by atoms with E-state index < -0.39 is 24.5 Å². The number of aliphatic hydroxyl groups excluding tert-OH is 2. The van der Waals surface area contributed by atoms with E-state index in [0.29, 0.717) is 39.4 Å². The third kappa shape index (κ3) is 4.50. The summed E-state index contributed by atoms with van der Waals surface area (Å²) in [6.45, 7) is -0.451. The molecule has 0 aliphatic heterocycles. The molecule has 3 N–H and O–H groups in total. The molecule has 4 rings (SSSR count). The van der Waals surface area contributed by atoms with Crippen molar-refractivity contribution in [2.24, 2.45) is 0 Å². The second kappa shape index (κ2) is 8.70. The van der Waals surface area contributed by atoms with Crippen LogP contribution in [-0.4, -0.2) is 31.8 Å². The van der Waals surface area contributed by atoms with Crippen molar-refractivity contribution in [2.75, 3.05) is 11.9 Å². The van der Waals surface area contributed by atoms with Crippen molar-refractivity contribution in [3.05, 3.63) is 77.1 Å². The van der Waals surface area contributed by atoms with Crippen LogP contribution < -0.4 is 5.32 Å². The third-order valence-corrected chi connectivity index (χ3v) is 5.04. The Bertz CT molecular complexity index is 1270. The van der Waals surface area contributed by atoms with Crippen molar-refractivity contribution in [3.8, 4) is 11.4 Å². The number of nitrogens with zero attached hydrogens (tertiary/aromatic N) is 3. The lowest BCUT2D eigenvalue weighted by atomic mass is 10.1. The lowest BCUT2D eigenvalue weighted by Gasteiger charge is -2.12. The molecular weight excluding hydrogens is 445 g/mol. The largest absolute Gasteiger partial charge is 0.416 e. The van der Waals surface area contributed by atoms with Gasteiger partial charge in [-0.3, -0.25) is 4.98 Å². The minimum Gasteiger partial charge on any atom is -0.393 e. The second-order valence-corrected chi connectivity index (χ2v) is 7.33. The van der Waals surface area contributed by atoms with Gasteiger partial charge in [0, 0.05) is 29.0 Å². The molecule has 0 saturated heterocycles. The Hall–Kier alpha value is -3.27. The molecule has 1 atom stereocenters. The molecular formula is C22H16ClF3N4O2. The van der Waals surface area contributed by atoms with Gasteiger partial charge in [-0.2, -0.15) is 13.2 Å². The van der Waals surface area contributed by atoms with Crippen molar-refractivity contribution in [1.29, 1.82) is 0 Å². The SMILES string of the molecule is OC[C@H](O)c1cnc(-c2ccc3c(Nc4ccc(C(F)(F)F)cc4)nccc3n2)c(Cl)c1. The molecule has 164 valence electrons. The molecule has 6 nitrogen and oxygen atoms in total. The van der Waals surface area contributed by atoms with E-state index in [2.05, 4.69) is 20.3 Å². The lowest BCUT2D eigenvalue weighted by Crippen LogP contribution is -2.04. The monoisotopic (exact) mass is 460 g/mol. The van der Waals surface area contributed by atoms with E-state index in [-0.39, 0.29) is 5.02 Å². The Morgan fingerprint density at radius 3 is 2.44 bits per heavy atom. The van der Waals surface area contributed by atoms with Crippen LogP contribution in [0.15, 0.2) is 60.9 Å². The normalized spacial score (nSPS) is 12.7. The summed E-state index contributed by atoms with van der Waals surface area (Å²) in [6.07, 6.45) is -2.54. The topological polar surface area (TPSA) is 91.2 Å². The second-order valence-electron chi connectivity index (χ2n) is 6.92. The summed E-state index contributed by atoms with van der Waals surface area (Å²) >= 11 is 6.30. The molecule has 0 saturated carbocycles. The zero-order valence-electron chi connectivity index (χ0n) is 16.3. The number of aromatic nitrogens is 3. The highest BCUT2D eigenvalue weighted by molar-refractivity contribution is 6.33. The number of fused-ring (bicyclic) bond motifs is 1. The van der Waals surface area contributed by atoms with E-state index in [4.69, 9.17) is 16.7 Å². The quantitative estimate of drug-likeness (QED) is 0.382. The van der Waals surface area contributed by atoms with Gasteiger partial charge < -0.3 is 15.5 Å². The summed E-state index contributed by atoms with van der Waals surface area (Å²) < 4.78 is 38.3. The van der Waals surface area contributed by atoms with E-state index in [0.717, 1.165) is 12.1 Å². The Morgan fingerprint density at radius 2 is 1.78 bits per heavy atom. The molecule has 3 heterocycles. The van der Waals surface area contributed by atoms with Gasteiger partial charge in [-0.15, -0.1) is 0 Å². The van der Waals surface area contributed by atoms with Crippen LogP contribution in [0.2, 0.25) is 5.02 Å². The van der Waals surface area contributed by atoms with Gasteiger partial charge >= 0.3 is 6.18 Å². The van der Waals surface area contributed by atoms with E-state index in [1.165, 1.54) is 30.6 Å². The fraction of sp³-hybridized carbons (Fsp3) is 0.136. The molecule has 0 amide bonds. The summed E-state index contributed by atoms with van der Waals surface area (Å²) in [6, 6.07) is 11.3. The van der Waals surface area contributed by atoms with Crippen molar-refractivity contribution in [3.63, 3.8) is 0 Å². The summed E-state index contributed by atoms with van der Waals surface area (Å²) in [5.41, 5.74) is 1.56. The van der Waals surface area contributed by atoms with Gasteiger partial charge in [0.25, 0.3) is 0 Å². The first-order valence-corrected chi connectivity index (χ1v) is 9.79. The first-order valence-electron chi connectivity index (χ1n) is 9.41. The summed E-state index contributed by atoms with van der Waals surface area (Å²) in [7, 11) is 0. The van der Waals surface area contributed by atoms with Gasteiger partial charge in [-0.05, 0) is 48.5 Å². The smallest absolute Gasteiger partial charge is 0.393 e. The molecule has 0 spiro atoms. The van der Waals surface area contributed by atoms with Crippen LogP contribution in [0.5, 0.6) is 0 Å². The molecule has 1 aromatic carbocycles. The van der Waals surface area contributed by atoms with Crippen LogP contribution in [0.4, 0.5) is 24.7 Å². The molecule has 4 aromatic rings. The van der Waals surface area contributed by atoms with Crippen molar-refractivity contribution < 1.29 is 23.4 Å². The van der Waals surface area contributed by atoms with Crippen LogP contribution in [0.3, 0.4) is 0 Å². The highest BCUT2D eigenvalue weighted by Gasteiger charge is 2.30. The summed E-state index contributed by atoms with van der Waals surface area (Å²) in [5.74, 6) is 0.432. The average Bonchev–Trinajstić information content (AvgIpc) is 2.78. The predicted octanol–water partition coefficient (Wildman–Crippen LogP) is 5.13.